The quantitative estimate of drug-likeness (QED) is 0.436. The van der Waals surface area contributed by atoms with Crippen LogP contribution < -0.4 is 0 Å². The molecule has 0 unspecified atom stereocenters. The molecule has 0 radical (unpaired) electrons. The molecule has 0 rings (SSSR count). The molecule has 0 spiro atoms. The van der Waals surface area contributed by atoms with Gasteiger partial charge in [0, 0.05) is 34.1 Å². The maximum absolute atomic E-state index is 8.74. The summed E-state index contributed by atoms with van der Waals surface area (Å²) in [7, 11) is -4.67. The summed E-state index contributed by atoms with van der Waals surface area (Å²) in [5, 5.41) is 0. The molecule has 0 aromatic rings. The largest absolute Gasteiger partial charge is 0 e. The van der Waals surface area contributed by atoms with Gasteiger partial charge >= 0.3 is 48.1 Å². The fourth-order valence-corrected chi connectivity index (χ4v) is 0. The van der Waals surface area contributed by atoms with Crippen LogP contribution in [0.2, 0.25) is 0 Å². The van der Waals surface area contributed by atoms with E-state index in [0.29, 0.717) is 0 Å². The first-order chi connectivity index (χ1) is 2.00. The number of hydrogen-bond acceptors (Lipinski definition) is 2. The molecule has 0 heterocycles. The summed E-state index contributed by atoms with van der Waals surface area (Å²) in [6, 6.07) is 0. The average Bonchev–Trinajstić information content (AvgIpc) is 0.722. The second kappa shape index (κ2) is 13.1. The topological polar surface area (TPSA) is 74.6 Å². The van der Waals surface area contributed by atoms with Gasteiger partial charge < -0.3 is 0 Å². The second-order valence-electron chi connectivity index (χ2n) is 0.448. The molecule has 60 valence electrons. The molecule has 9 heteroatoms. The first-order valence-electron chi connectivity index (χ1n) is 0.698. The fourth-order valence-electron chi connectivity index (χ4n) is 0. The Morgan fingerprint density at radius 2 is 1.00 bits per heavy atom. The Balaban J connectivity index is -0.0000000133. The van der Waals surface area contributed by atoms with E-state index in [1.165, 1.54) is 0 Å². The van der Waals surface area contributed by atoms with Crippen molar-refractivity contribution in [3.63, 3.8) is 0 Å². The molecule has 0 saturated carbocycles. The molecule has 0 aromatic carbocycles. The number of hydrogen-bond donors (Lipinski definition) is 2. The van der Waals surface area contributed by atoms with Crippen molar-refractivity contribution in [1.29, 1.82) is 0 Å². The Kier molecular flexibility index (Phi) is 43.7. The normalized spacial score (nSPS) is 6.44. The first-order valence-corrected chi connectivity index (χ1v) is 2.10. The molecule has 0 aliphatic carbocycles. The SMILES string of the molecule is Cl.O=S(=O)(O)O.[CaH2].[Fe].[Fe]. The van der Waals surface area contributed by atoms with E-state index in [4.69, 9.17) is 17.5 Å². The molecule has 9 heavy (non-hydrogen) atoms. The standard InChI is InChI=1S/Ca.ClH.2Fe.H2O4S.2H/c;;;;1-5(2,3)4;;/h;1H;;;(H2,1,2,3,4);;. The summed E-state index contributed by atoms with van der Waals surface area (Å²) in [4.78, 5) is 0. The zero-order valence-electron chi connectivity index (χ0n) is 3.23. The Morgan fingerprint density at radius 3 is 1.00 bits per heavy atom. The minimum Gasteiger partial charge on any atom is 0 e. The number of halogens is 1. The van der Waals surface area contributed by atoms with Gasteiger partial charge in [0.2, 0.25) is 0 Å². The molecule has 0 aromatic heterocycles. The molecule has 0 aliphatic heterocycles. The molecule has 0 amide bonds. The third-order valence-electron chi connectivity index (χ3n) is 0. The Bertz CT molecular complexity index is 102. The summed E-state index contributed by atoms with van der Waals surface area (Å²) in [6.45, 7) is 0. The van der Waals surface area contributed by atoms with E-state index in [9.17, 15) is 0 Å². The van der Waals surface area contributed by atoms with Gasteiger partial charge in [0.15, 0.2) is 0 Å². The predicted octanol–water partition coefficient (Wildman–Crippen LogP) is -1.15. The third kappa shape index (κ3) is 124. The summed E-state index contributed by atoms with van der Waals surface area (Å²) >= 11 is 0. The zero-order chi connectivity index (χ0) is 4.50. The monoisotopic (exact) mass is 288 g/mol. The van der Waals surface area contributed by atoms with E-state index >= 15 is 0 Å². The van der Waals surface area contributed by atoms with Crippen LogP contribution in [0.5, 0.6) is 0 Å². The molecule has 0 saturated heterocycles. The maximum Gasteiger partial charge on any atom is 0 e. The average molecular weight is 288 g/mol. The van der Waals surface area contributed by atoms with E-state index in [2.05, 4.69) is 0 Å². The van der Waals surface area contributed by atoms with Crippen molar-refractivity contribution in [1.82, 2.24) is 0 Å². The Labute approximate surface area is 110 Å². The van der Waals surface area contributed by atoms with Gasteiger partial charge in [0.25, 0.3) is 0 Å². The molecular formula is H5CaClFe2O4S. The van der Waals surface area contributed by atoms with E-state index < -0.39 is 10.4 Å². The van der Waals surface area contributed by atoms with Crippen LogP contribution in [0.1, 0.15) is 0 Å². The van der Waals surface area contributed by atoms with Gasteiger partial charge in [-0.3, -0.25) is 9.11 Å². The fraction of sp³-hybridized carbons (Fsp3) is 0. The summed E-state index contributed by atoms with van der Waals surface area (Å²) in [6.07, 6.45) is 0. The first kappa shape index (κ1) is 30.0. The van der Waals surface area contributed by atoms with E-state index in [-0.39, 0.29) is 84.3 Å². The minimum atomic E-state index is -4.67. The third-order valence-corrected chi connectivity index (χ3v) is 0. The second-order valence-corrected chi connectivity index (χ2v) is 1.34. The van der Waals surface area contributed by atoms with Crippen molar-refractivity contribution in [2.24, 2.45) is 0 Å². The molecule has 0 fully saturated rings. The van der Waals surface area contributed by atoms with E-state index in [0.717, 1.165) is 0 Å². The van der Waals surface area contributed by atoms with E-state index in [1.54, 1.807) is 0 Å². The minimum absolute atomic E-state index is 0. The maximum atomic E-state index is 8.74. The van der Waals surface area contributed by atoms with Gasteiger partial charge in [-0.25, -0.2) is 0 Å². The van der Waals surface area contributed by atoms with Gasteiger partial charge in [0.05, 0.1) is 0 Å². The van der Waals surface area contributed by atoms with Crippen molar-refractivity contribution >= 4 is 60.5 Å². The van der Waals surface area contributed by atoms with Crippen LogP contribution in [0.4, 0.5) is 0 Å². The molecule has 4 nitrogen and oxygen atoms in total. The molecule has 2 N–H and O–H groups in total. The van der Waals surface area contributed by atoms with Gasteiger partial charge in [-0.15, -0.1) is 12.4 Å². The van der Waals surface area contributed by atoms with Gasteiger partial charge in [-0.05, 0) is 0 Å². The summed E-state index contributed by atoms with van der Waals surface area (Å²) in [5.41, 5.74) is 0. The van der Waals surface area contributed by atoms with Crippen LogP contribution in [0.15, 0.2) is 0 Å². The summed E-state index contributed by atoms with van der Waals surface area (Å²) < 4.78 is 31.6. The molecule has 0 aliphatic rings. The Hall–Kier alpha value is 2.46. The van der Waals surface area contributed by atoms with Crippen molar-refractivity contribution < 1.29 is 51.7 Å². The van der Waals surface area contributed by atoms with Crippen LogP contribution in [0.25, 0.3) is 0 Å². The van der Waals surface area contributed by atoms with Crippen molar-refractivity contribution in [3.05, 3.63) is 0 Å². The van der Waals surface area contributed by atoms with Gasteiger partial charge in [-0.2, -0.15) is 8.42 Å². The van der Waals surface area contributed by atoms with Gasteiger partial charge in [0.1, 0.15) is 0 Å². The van der Waals surface area contributed by atoms with E-state index in [1.807, 2.05) is 0 Å². The smallest absolute Gasteiger partial charge is 0 e. The Morgan fingerprint density at radius 1 is 1.00 bits per heavy atom. The summed E-state index contributed by atoms with van der Waals surface area (Å²) in [5.74, 6) is 0. The van der Waals surface area contributed by atoms with Crippen molar-refractivity contribution in [2.45, 2.75) is 0 Å². The molecule has 0 bridgehead atoms. The molecular weight excluding hydrogens is 283 g/mol. The zero-order valence-corrected chi connectivity index (χ0v) is 7.08. The van der Waals surface area contributed by atoms with Crippen LogP contribution in [-0.4, -0.2) is 55.3 Å². The van der Waals surface area contributed by atoms with Crippen LogP contribution >= 0.6 is 12.4 Å². The van der Waals surface area contributed by atoms with Crippen molar-refractivity contribution in [2.75, 3.05) is 0 Å². The van der Waals surface area contributed by atoms with Crippen LogP contribution in [-0.2, 0) is 44.5 Å². The number of rotatable bonds is 0. The van der Waals surface area contributed by atoms with Crippen molar-refractivity contribution in [3.8, 4) is 0 Å². The molecule has 0 atom stereocenters. The predicted molar refractivity (Wildman–Crippen MR) is 30.0 cm³/mol. The van der Waals surface area contributed by atoms with Gasteiger partial charge in [-0.1, -0.05) is 0 Å². The van der Waals surface area contributed by atoms with Crippen LogP contribution in [0.3, 0.4) is 0 Å². The van der Waals surface area contributed by atoms with Crippen LogP contribution in [0, 0.1) is 0 Å².